The monoisotopic (exact) mass is 1420 g/mol. The molecular weight excluding hydrogens is 1330 g/mol. The second-order valence-corrected chi connectivity index (χ2v) is 19.2. The van der Waals surface area contributed by atoms with Gasteiger partial charge in [-0.1, -0.05) is 175 Å². The fraction of sp³-hybridized carbons (Fsp3) is 0.548. The predicted octanol–water partition coefficient (Wildman–Crippen LogP) is 15.7. The molecule has 12 nitrogen and oxygen atoms in total. The van der Waals surface area contributed by atoms with Gasteiger partial charge in [0.05, 0.1) is 0 Å². The van der Waals surface area contributed by atoms with E-state index in [2.05, 4.69) is 166 Å². The molecule has 440 valence electrons. The van der Waals surface area contributed by atoms with Gasteiger partial charge in [-0.25, -0.2) is 0 Å². The topological polar surface area (TPSA) is 145 Å². The quantitative estimate of drug-likeness (QED) is 0.0983. The van der Waals surface area contributed by atoms with Gasteiger partial charge in [-0.3, -0.25) is 0 Å². The van der Waals surface area contributed by atoms with Gasteiger partial charge in [-0.2, -0.15) is 24.8 Å². The standard InChI is InChI=1S/2C15H20N4O2.4C8H12.4Rh/c2*1-3-7-15(8-4-2)20-13(11-5-9-16-18-11)14(21-15)12-6-10-17-19-12;4*1-2-4-6-8-7-5-3-1;;;;/h2*5-6,9-10,13-14H,3-4,7-8H2,1-2H3;4*1-2,7-8H,3-6H2;;;;/q2*-2;;;;;;;;/b;;4*2-1-,8-7-;;;;/t2*13-,14-;;;;;;;;/m00......../s1. The third kappa shape index (κ3) is 27.7. The molecule has 0 unspecified atom stereocenters. The zero-order valence-electron chi connectivity index (χ0n) is 46.7. The Morgan fingerprint density at radius 1 is 0.308 bits per heavy atom. The molecule has 0 aromatic carbocycles. The summed E-state index contributed by atoms with van der Waals surface area (Å²) in [5, 5.41) is 32.2. The largest absolute Gasteiger partial charge is 0.581 e. The summed E-state index contributed by atoms with van der Waals surface area (Å²) in [4.78, 5) is 0. The van der Waals surface area contributed by atoms with Crippen molar-refractivity contribution in [2.24, 2.45) is 0 Å². The predicted molar refractivity (Wildman–Crippen MR) is 298 cm³/mol. The molecule has 0 N–H and O–H groups in total. The maximum Gasteiger partial charge on any atom is 0.170 e. The average Bonchev–Trinajstić information content (AvgIpc) is 4.22. The molecule has 78 heavy (non-hydrogen) atoms. The van der Waals surface area contributed by atoms with Gasteiger partial charge in [0.2, 0.25) is 0 Å². The SMILES string of the molecule is C1=C\CC/C=C\CC/1.C1=C\CC/C=C\CC/1.C1=C\CC/C=C\CC/1.C1=C\CC/C=C\CC/1.CCCC1(CCC)O[C@@H](c2cc[n-]n2)[C@H](c2cc[n-]n2)O1.CCCC1(CCC)O[C@@H](c2cc[n-]n2)[C@H](c2cc[n-]n2)O1.[Rh].[Rh].[Rh].[Rh]. The van der Waals surface area contributed by atoms with Gasteiger partial charge in [0, 0.05) is 126 Å². The molecule has 4 atom stereocenters. The van der Waals surface area contributed by atoms with Crippen LogP contribution in [0.5, 0.6) is 0 Å². The Labute approximate surface area is 520 Å². The Morgan fingerprint density at radius 3 is 0.577 bits per heavy atom. The summed E-state index contributed by atoms with van der Waals surface area (Å²) in [6.07, 6.45) is 69.0. The van der Waals surface area contributed by atoms with Crippen LogP contribution in [0.1, 0.15) is 229 Å². The Morgan fingerprint density at radius 2 is 0.462 bits per heavy atom. The van der Waals surface area contributed by atoms with Crippen molar-refractivity contribution in [3.63, 3.8) is 0 Å². The number of hydrogen-bond donors (Lipinski definition) is 0. The molecule has 2 aliphatic heterocycles. The summed E-state index contributed by atoms with van der Waals surface area (Å²) in [5.41, 5.74) is 3.16. The Hall–Kier alpha value is -2.91. The third-order valence-electron chi connectivity index (χ3n) is 12.9. The zero-order chi connectivity index (χ0) is 52.0. The van der Waals surface area contributed by atoms with Crippen molar-refractivity contribution in [3.05, 3.63) is 169 Å². The second kappa shape index (κ2) is 45.7. The van der Waals surface area contributed by atoms with Gasteiger partial charge in [0.15, 0.2) is 11.6 Å². The van der Waals surface area contributed by atoms with Crippen molar-refractivity contribution in [1.29, 1.82) is 0 Å². The first-order chi connectivity index (χ1) is 36.6. The van der Waals surface area contributed by atoms with E-state index in [1.165, 1.54) is 103 Å². The first-order valence-corrected chi connectivity index (χ1v) is 28.2. The molecule has 4 radical (unpaired) electrons. The van der Waals surface area contributed by atoms with Crippen molar-refractivity contribution >= 4 is 0 Å². The second-order valence-electron chi connectivity index (χ2n) is 19.2. The molecule has 4 aromatic heterocycles. The van der Waals surface area contributed by atoms with Gasteiger partial charge in [0.25, 0.3) is 0 Å². The van der Waals surface area contributed by atoms with E-state index in [1.54, 1.807) is 24.8 Å². The van der Waals surface area contributed by atoms with E-state index < -0.39 is 11.6 Å². The molecule has 0 saturated carbocycles. The van der Waals surface area contributed by atoms with Gasteiger partial charge in [-0.15, -0.1) is 0 Å². The van der Waals surface area contributed by atoms with Crippen LogP contribution in [0.15, 0.2) is 146 Å². The number of hydrogen-bond acceptors (Lipinski definition) is 8. The van der Waals surface area contributed by atoms with E-state index >= 15 is 0 Å². The van der Waals surface area contributed by atoms with Gasteiger partial charge in [-0.05, 0) is 103 Å². The summed E-state index contributed by atoms with van der Waals surface area (Å²) < 4.78 is 25.3. The first-order valence-electron chi connectivity index (χ1n) is 28.2. The first kappa shape index (κ1) is 73.1. The molecule has 0 bridgehead atoms. The van der Waals surface area contributed by atoms with E-state index in [0.717, 1.165) is 74.1 Å². The van der Waals surface area contributed by atoms with Crippen molar-refractivity contribution in [2.45, 2.75) is 218 Å². The van der Waals surface area contributed by atoms with Gasteiger partial charge >= 0.3 is 0 Å². The Bertz CT molecular complexity index is 1810. The van der Waals surface area contributed by atoms with E-state index in [4.69, 9.17) is 18.9 Å². The molecule has 6 heterocycles. The van der Waals surface area contributed by atoms with Crippen LogP contribution in [0.25, 0.3) is 0 Å². The minimum Gasteiger partial charge on any atom is -0.581 e. The van der Waals surface area contributed by atoms with E-state index in [9.17, 15) is 0 Å². The normalized spacial score (nSPS) is 24.7. The van der Waals surface area contributed by atoms with Crippen LogP contribution in [0, 0.1) is 0 Å². The maximum absolute atomic E-state index is 6.32. The van der Waals surface area contributed by atoms with Gasteiger partial charge in [0.1, 0.15) is 24.4 Å². The molecule has 16 heteroatoms. The number of rotatable bonds is 12. The van der Waals surface area contributed by atoms with Crippen molar-refractivity contribution in [2.75, 3.05) is 0 Å². The number of ether oxygens (including phenoxy) is 4. The van der Waals surface area contributed by atoms with Gasteiger partial charge < -0.3 is 59.7 Å². The molecule has 2 fully saturated rings. The summed E-state index contributed by atoms with van der Waals surface area (Å²) >= 11 is 0. The fourth-order valence-corrected chi connectivity index (χ4v) is 9.34. The van der Waals surface area contributed by atoms with Crippen molar-refractivity contribution in [3.8, 4) is 0 Å². The number of allylic oxidation sites excluding steroid dienone is 16. The van der Waals surface area contributed by atoms with Crippen LogP contribution in [0.2, 0.25) is 0 Å². The fourth-order valence-electron chi connectivity index (χ4n) is 9.34. The van der Waals surface area contributed by atoms with E-state index in [1.807, 2.05) is 24.3 Å². The minimum absolute atomic E-state index is 0. The molecular formula is C62H88N8O4Rh4-4. The maximum atomic E-state index is 6.32. The molecule has 0 spiro atoms. The van der Waals surface area contributed by atoms with E-state index in [0.29, 0.717) is 0 Å². The Balaban J connectivity index is 0.000000493. The molecule has 10 rings (SSSR count). The zero-order valence-corrected chi connectivity index (χ0v) is 53.2. The molecule has 4 aliphatic carbocycles. The number of nitrogens with zero attached hydrogens (tertiary/aromatic N) is 8. The summed E-state index contributed by atoms with van der Waals surface area (Å²) in [6.45, 7) is 8.54. The Kier molecular flexibility index (Phi) is 42.8. The van der Waals surface area contributed by atoms with Crippen LogP contribution < -0.4 is 20.4 Å². The van der Waals surface area contributed by atoms with Crippen molar-refractivity contribution < 1.29 is 96.9 Å². The van der Waals surface area contributed by atoms with Crippen LogP contribution in [-0.4, -0.2) is 32.0 Å². The number of aromatic nitrogens is 8. The summed E-state index contributed by atoms with van der Waals surface area (Å²) in [5.74, 6) is -1.12. The van der Waals surface area contributed by atoms with E-state index in [-0.39, 0.29) is 102 Å². The van der Waals surface area contributed by atoms with Crippen LogP contribution >= 0.6 is 0 Å². The molecule has 2 saturated heterocycles. The molecule has 4 aromatic rings. The third-order valence-corrected chi connectivity index (χ3v) is 12.9. The minimum atomic E-state index is -0.559. The molecule has 0 amide bonds. The summed E-state index contributed by atoms with van der Waals surface area (Å²) in [6, 6.07) is 7.47. The van der Waals surface area contributed by atoms with Crippen LogP contribution in [-0.2, 0) is 96.9 Å². The smallest absolute Gasteiger partial charge is 0.170 e. The average molecular weight is 1420 g/mol. The van der Waals surface area contributed by atoms with Crippen LogP contribution in [0.3, 0.4) is 0 Å². The summed E-state index contributed by atoms with van der Waals surface area (Å²) in [7, 11) is 0. The van der Waals surface area contributed by atoms with Crippen molar-refractivity contribution in [1.82, 2.24) is 40.8 Å². The van der Waals surface area contributed by atoms with Crippen LogP contribution in [0.4, 0.5) is 0 Å². The molecule has 6 aliphatic rings.